The number of aliphatic hydroxyl groups excluding tert-OH is 1. The van der Waals surface area contributed by atoms with Gasteiger partial charge in [0, 0.05) is 23.5 Å². The molecule has 2 aromatic carbocycles. The Hall–Kier alpha value is -1.89. The summed E-state index contributed by atoms with van der Waals surface area (Å²) in [4.78, 5) is 13.7. The van der Waals surface area contributed by atoms with E-state index in [4.69, 9.17) is 23.2 Å². The number of rotatable bonds is 2. The Morgan fingerprint density at radius 3 is 2.76 bits per heavy atom. The minimum absolute atomic E-state index is 0.266. The molecule has 132 valence electrons. The predicted octanol–water partition coefficient (Wildman–Crippen LogP) is 4.39. The molecule has 2 amide bonds. The second-order valence-electron chi connectivity index (χ2n) is 5.81. The van der Waals surface area contributed by atoms with Gasteiger partial charge in [-0.3, -0.25) is 0 Å². The van der Waals surface area contributed by atoms with Crippen LogP contribution in [-0.2, 0) is 6.42 Å². The number of nitrogens with zero attached hydrogens (tertiary/aromatic N) is 1. The van der Waals surface area contributed by atoms with Crippen molar-refractivity contribution >= 4 is 34.9 Å². The van der Waals surface area contributed by atoms with Crippen LogP contribution in [0.5, 0.6) is 0 Å². The zero-order chi connectivity index (χ0) is 18.3. The SMILES string of the molecule is CN(C(=O)Nc1cccc(F)c1F)C1c2cc(Cl)cc(Cl)c2CC1O. The molecule has 2 unspecified atom stereocenters. The van der Waals surface area contributed by atoms with Crippen LogP contribution in [0, 0.1) is 11.6 Å². The molecule has 0 aliphatic heterocycles. The van der Waals surface area contributed by atoms with E-state index in [1.54, 1.807) is 12.1 Å². The van der Waals surface area contributed by atoms with Crippen molar-refractivity contribution < 1.29 is 18.7 Å². The zero-order valence-electron chi connectivity index (χ0n) is 13.1. The van der Waals surface area contributed by atoms with Crippen LogP contribution >= 0.6 is 23.2 Å². The van der Waals surface area contributed by atoms with Crippen LogP contribution in [0.1, 0.15) is 17.2 Å². The minimum atomic E-state index is -1.15. The van der Waals surface area contributed by atoms with Gasteiger partial charge in [0.15, 0.2) is 11.6 Å². The highest BCUT2D eigenvalue weighted by Gasteiger charge is 2.37. The van der Waals surface area contributed by atoms with Gasteiger partial charge in [-0.05, 0) is 35.4 Å². The van der Waals surface area contributed by atoms with Gasteiger partial charge in [-0.15, -0.1) is 0 Å². The fourth-order valence-electron chi connectivity index (χ4n) is 3.03. The van der Waals surface area contributed by atoms with Crippen LogP contribution in [0.3, 0.4) is 0 Å². The van der Waals surface area contributed by atoms with Crippen molar-refractivity contribution in [2.45, 2.75) is 18.6 Å². The summed E-state index contributed by atoms with van der Waals surface area (Å²) in [5.74, 6) is -2.21. The molecule has 2 N–H and O–H groups in total. The number of aliphatic hydroxyl groups is 1. The van der Waals surface area contributed by atoms with Crippen molar-refractivity contribution in [1.29, 1.82) is 0 Å². The van der Waals surface area contributed by atoms with Crippen LogP contribution in [0.4, 0.5) is 19.3 Å². The molecule has 0 spiro atoms. The number of amides is 2. The first-order valence-corrected chi connectivity index (χ1v) is 8.19. The van der Waals surface area contributed by atoms with E-state index in [0.29, 0.717) is 21.2 Å². The quantitative estimate of drug-likeness (QED) is 0.803. The number of hydrogen-bond acceptors (Lipinski definition) is 2. The summed E-state index contributed by atoms with van der Waals surface area (Å²) < 4.78 is 27.0. The minimum Gasteiger partial charge on any atom is -0.390 e. The molecule has 0 fully saturated rings. The van der Waals surface area contributed by atoms with Gasteiger partial charge in [-0.2, -0.15) is 0 Å². The average Bonchev–Trinajstić information content (AvgIpc) is 2.87. The summed E-state index contributed by atoms with van der Waals surface area (Å²) in [5, 5.41) is 13.4. The highest BCUT2D eigenvalue weighted by atomic mass is 35.5. The highest BCUT2D eigenvalue weighted by Crippen LogP contribution is 2.41. The van der Waals surface area contributed by atoms with Gasteiger partial charge in [0.1, 0.15) is 0 Å². The number of carbonyl (C=O) groups excluding carboxylic acids is 1. The third-order valence-corrected chi connectivity index (χ3v) is 4.78. The molecule has 3 rings (SSSR count). The first-order valence-electron chi connectivity index (χ1n) is 7.43. The van der Waals surface area contributed by atoms with Crippen molar-refractivity contribution in [2.24, 2.45) is 0 Å². The maximum Gasteiger partial charge on any atom is 0.322 e. The number of urea groups is 1. The molecule has 8 heteroatoms. The third-order valence-electron chi connectivity index (χ3n) is 4.22. The molecule has 0 aromatic heterocycles. The molecular weight excluding hydrogens is 373 g/mol. The third kappa shape index (κ3) is 3.29. The van der Waals surface area contributed by atoms with Crippen molar-refractivity contribution in [3.63, 3.8) is 0 Å². The first-order chi connectivity index (χ1) is 11.8. The van der Waals surface area contributed by atoms with E-state index in [1.165, 1.54) is 24.1 Å². The maximum atomic E-state index is 13.7. The molecule has 1 aliphatic carbocycles. The smallest absolute Gasteiger partial charge is 0.322 e. The molecular formula is C17H14Cl2F2N2O2. The molecule has 1 aliphatic rings. The van der Waals surface area contributed by atoms with E-state index in [0.717, 1.165) is 6.07 Å². The number of hydrogen-bond donors (Lipinski definition) is 2. The number of benzene rings is 2. The molecule has 0 saturated carbocycles. The molecule has 2 aromatic rings. The van der Waals surface area contributed by atoms with Crippen LogP contribution in [0.15, 0.2) is 30.3 Å². The van der Waals surface area contributed by atoms with Gasteiger partial charge in [0.05, 0.1) is 17.8 Å². The van der Waals surface area contributed by atoms with Gasteiger partial charge in [0.25, 0.3) is 0 Å². The lowest BCUT2D eigenvalue weighted by atomic mass is 10.1. The van der Waals surface area contributed by atoms with Gasteiger partial charge >= 0.3 is 6.03 Å². The van der Waals surface area contributed by atoms with Gasteiger partial charge in [-0.25, -0.2) is 13.6 Å². The Bertz CT molecular complexity index is 848. The topological polar surface area (TPSA) is 52.6 Å². The lowest BCUT2D eigenvalue weighted by Gasteiger charge is -2.28. The van der Waals surface area contributed by atoms with Crippen LogP contribution in [-0.4, -0.2) is 29.2 Å². The fraction of sp³-hybridized carbons (Fsp3) is 0.235. The summed E-state index contributed by atoms with van der Waals surface area (Å²) in [6, 6.07) is 5.29. The Morgan fingerprint density at radius 2 is 2.04 bits per heavy atom. The van der Waals surface area contributed by atoms with E-state index < -0.39 is 29.8 Å². The summed E-state index contributed by atoms with van der Waals surface area (Å²) in [7, 11) is 1.45. The summed E-state index contributed by atoms with van der Waals surface area (Å²) in [5.41, 5.74) is 1.05. The van der Waals surface area contributed by atoms with Gasteiger partial charge < -0.3 is 15.3 Å². The number of fused-ring (bicyclic) bond motifs is 1. The van der Waals surface area contributed by atoms with Crippen LogP contribution in [0.2, 0.25) is 10.0 Å². The number of anilines is 1. The molecule has 25 heavy (non-hydrogen) atoms. The van der Waals surface area contributed by atoms with Gasteiger partial charge in [-0.1, -0.05) is 29.3 Å². The first kappa shape index (κ1) is 17.9. The molecule has 0 heterocycles. The van der Waals surface area contributed by atoms with E-state index in [9.17, 15) is 18.7 Å². The summed E-state index contributed by atoms with van der Waals surface area (Å²) in [6.07, 6.45) is -0.624. The molecule has 2 atom stereocenters. The highest BCUT2D eigenvalue weighted by molar-refractivity contribution is 6.35. The number of likely N-dealkylation sites (N-methyl/N-ethyl adjacent to an activating group) is 1. The van der Waals surface area contributed by atoms with E-state index >= 15 is 0 Å². The molecule has 0 bridgehead atoms. The molecule has 0 radical (unpaired) electrons. The Labute approximate surface area is 153 Å². The molecule has 0 saturated heterocycles. The number of nitrogens with one attached hydrogen (secondary N) is 1. The van der Waals surface area contributed by atoms with Crippen LogP contribution < -0.4 is 5.32 Å². The second-order valence-corrected chi connectivity index (χ2v) is 6.66. The Kier molecular flexibility index (Phi) is 4.86. The normalized spacial score (nSPS) is 18.8. The average molecular weight is 387 g/mol. The lowest BCUT2D eigenvalue weighted by Crippen LogP contribution is -2.38. The number of carbonyl (C=O) groups is 1. The van der Waals surface area contributed by atoms with Crippen molar-refractivity contribution in [2.75, 3.05) is 12.4 Å². The van der Waals surface area contributed by atoms with E-state index in [1.807, 2.05) is 0 Å². The Balaban J connectivity index is 1.87. The molecule has 4 nitrogen and oxygen atoms in total. The largest absolute Gasteiger partial charge is 0.390 e. The van der Waals surface area contributed by atoms with Crippen molar-refractivity contribution in [1.82, 2.24) is 4.90 Å². The van der Waals surface area contributed by atoms with Crippen molar-refractivity contribution in [3.05, 3.63) is 63.1 Å². The van der Waals surface area contributed by atoms with E-state index in [2.05, 4.69) is 5.32 Å². The Morgan fingerprint density at radius 1 is 1.32 bits per heavy atom. The second kappa shape index (κ2) is 6.78. The predicted molar refractivity (Wildman–Crippen MR) is 92.1 cm³/mol. The van der Waals surface area contributed by atoms with Gasteiger partial charge in [0.2, 0.25) is 0 Å². The fourth-order valence-corrected chi connectivity index (χ4v) is 3.61. The summed E-state index contributed by atoms with van der Waals surface area (Å²) >= 11 is 12.2. The maximum absolute atomic E-state index is 13.7. The van der Waals surface area contributed by atoms with Crippen molar-refractivity contribution in [3.8, 4) is 0 Å². The summed E-state index contributed by atoms with van der Waals surface area (Å²) in [6.45, 7) is 0. The lowest BCUT2D eigenvalue weighted by molar-refractivity contribution is 0.0934. The standard InChI is InChI=1S/C17H14Cl2F2N2O2/c1-23(17(25)22-13-4-2-3-12(20)15(13)21)16-10-5-8(18)6-11(19)9(10)7-14(16)24/h2-6,14,16,24H,7H2,1H3,(H,22,25). The number of halogens is 4. The van der Waals surface area contributed by atoms with E-state index in [-0.39, 0.29) is 12.1 Å². The zero-order valence-corrected chi connectivity index (χ0v) is 14.6. The monoisotopic (exact) mass is 386 g/mol. The van der Waals surface area contributed by atoms with Crippen LogP contribution in [0.25, 0.3) is 0 Å².